The van der Waals surface area contributed by atoms with E-state index >= 15 is 0 Å². The number of hydrogen-bond acceptors (Lipinski definition) is 5. The van der Waals surface area contributed by atoms with Gasteiger partial charge in [0, 0.05) is 24.2 Å². The van der Waals surface area contributed by atoms with Crippen LogP contribution in [0.4, 0.5) is 0 Å². The molecule has 0 aliphatic heterocycles. The molecule has 0 fully saturated rings. The van der Waals surface area contributed by atoms with Crippen LogP contribution in [0.3, 0.4) is 0 Å². The summed E-state index contributed by atoms with van der Waals surface area (Å²) in [6.07, 6.45) is 4.55. The van der Waals surface area contributed by atoms with Crippen molar-refractivity contribution in [1.29, 1.82) is 0 Å². The molecule has 7 nitrogen and oxygen atoms in total. The van der Waals surface area contributed by atoms with E-state index in [4.69, 9.17) is 4.42 Å². The van der Waals surface area contributed by atoms with Gasteiger partial charge in [-0.2, -0.15) is 5.10 Å². The molecular formula is C19H17N5O2. The molecule has 1 amide bonds. The fourth-order valence-electron chi connectivity index (χ4n) is 2.78. The molecule has 0 unspecified atom stereocenters. The first kappa shape index (κ1) is 16.0. The van der Waals surface area contributed by atoms with Crippen LogP contribution in [0, 0.1) is 0 Å². The molecule has 3 heterocycles. The third-order valence-electron chi connectivity index (χ3n) is 4.40. The lowest BCUT2D eigenvalue weighted by Crippen LogP contribution is -2.29. The number of rotatable bonds is 4. The van der Waals surface area contributed by atoms with Gasteiger partial charge in [-0.25, -0.2) is 14.6 Å². The predicted octanol–water partition coefficient (Wildman–Crippen LogP) is 3.24. The Balaban J connectivity index is 1.60. The second kappa shape index (κ2) is 6.44. The number of amides is 1. The van der Waals surface area contributed by atoms with Gasteiger partial charge in [-0.15, -0.1) is 0 Å². The molecule has 0 radical (unpaired) electrons. The average Bonchev–Trinajstić information content (AvgIpc) is 3.36. The van der Waals surface area contributed by atoms with Crippen molar-refractivity contribution >= 4 is 16.9 Å². The first-order valence-electron chi connectivity index (χ1n) is 8.20. The van der Waals surface area contributed by atoms with Gasteiger partial charge in [0.05, 0.1) is 6.04 Å². The fourth-order valence-corrected chi connectivity index (χ4v) is 2.78. The van der Waals surface area contributed by atoms with E-state index in [-0.39, 0.29) is 11.9 Å². The Morgan fingerprint density at radius 2 is 2.08 bits per heavy atom. The maximum Gasteiger partial charge on any atom is 0.254 e. The number of carbonyl (C=O) groups is 1. The zero-order chi connectivity index (χ0) is 18.1. The van der Waals surface area contributed by atoms with Crippen molar-refractivity contribution in [2.75, 3.05) is 7.05 Å². The summed E-state index contributed by atoms with van der Waals surface area (Å²) in [7, 11) is 1.76. The van der Waals surface area contributed by atoms with Crippen LogP contribution in [0.25, 0.3) is 16.8 Å². The van der Waals surface area contributed by atoms with E-state index in [0.29, 0.717) is 11.4 Å². The number of fused-ring (bicyclic) bond motifs is 1. The molecule has 1 atom stereocenters. The fraction of sp³-hybridized carbons (Fsp3) is 0.158. The molecule has 0 aliphatic carbocycles. The van der Waals surface area contributed by atoms with Crippen LogP contribution >= 0.6 is 0 Å². The second-order valence-corrected chi connectivity index (χ2v) is 6.02. The summed E-state index contributed by atoms with van der Waals surface area (Å²) in [4.78, 5) is 22.7. The first-order valence-corrected chi connectivity index (χ1v) is 8.20. The lowest BCUT2D eigenvalue weighted by Gasteiger charge is -2.23. The second-order valence-electron chi connectivity index (χ2n) is 6.02. The molecule has 1 aromatic carbocycles. The van der Waals surface area contributed by atoms with Crippen molar-refractivity contribution in [3.8, 4) is 5.82 Å². The van der Waals surface area contributed by atoms with Crippen molar-refractivity contribution < 1.29 is 9.21 Å². The summed E-state index contributed by atoms with van der Waals surface area (Å²) in [6, 6.07) is 12.9. The Bertz CT molecular complexity index is 1020. The number of hydrogen-bond donors (Lipinski definition) is 0. The summed E-state index contributed by atoms with van der Waals surface area (Å²) >= 11 is 0. The molecule has 0 bridgehead atoms. The van der Waals surface area contributed by atoms with E-state index in [1.54, 1.807) is 30.3 Å². The van der Waals surface area contributed by atoms with E-state index < -0.39 is 0 Å². The van der Waals surface area contributed by atoms with Crippen LogP contribution in [-0.2, 0) is 0 Å². The highest BCUT2D eigenvalue weighted by molar-refractivity contribution is 5.94. The molecule has 3 aromatic heterocycles. The van der Waals surface area contributed by atoms with Crippen LogP contribution in [0.2, 0.25) is 0 Å². The average molecular weight is 347 g/mol. The van der Waals surface area contributed by atoms with E-state index in [9.17, 15) is 4.79 Å². The van der Waals surface area contributed by atoms with Gasteiger partial charge in [0.1, 0.15) is 24.0 Å². The monoisotopic (exact) mass is 347 g/mol. The lowest BCUT2D eigenvalue weighted by atomic mass is 10.1. The third-order valence-corrected chi connectivity index (χ3v) is 4.40. The van der Waals surface area contributed by atoms with E-state index in [2.05, 4.69) is 15.1 Å². The molecule has 4 rings (SSSR count). The van der Waals surface area contributed by atoms with Gasteiger partial charge in [0.15, 0.2) is 5.82 Å². The van der Waals surface area contributed by atoms with Gasteiger partial charge in [-0.1, -0.05) is 18.2 Å². The molecule has 0 saturated heterocycles. The van der Waals surface area contributed by atoms with Crippen LogP contribution in [0.15, 0.2) is 65.7 Å². The number of benzene rings is 1. The molecule has 0 N–H and O–H groups in total. The lowest BCUT2D eigenvalue weighted by molar-refractivity contribution is 0.0727. The van der Waals surface area contributed by atoms with Gasteiger partial charge in [-0.3, -0.25) is 4.79 Å². The number of para-hydroxylation sites is 1. The van der Waals surface area contributed by atoms with Gasteiger partial charge in [0.25, 0.3) is 5.91 Å². The Labute approximate surface area is 149 Å². The van der Waals surface area contributed by atoms with Crippen molar-refractivity contribution in [3.05, 3.63) is 72.6 Å². The molecule has 0 saturated carbocycles. The smallest absolute Gasteiger partial charge is 0.254 e. The number of carbonyl (C=O) groups excluding carboxylic acids is 1. The zero-order valence-electron chi connectivity index (χ0n) is 14.4. The molecule has 0 spiro atoms. The summed E-state index contributed by atoms with van der Waals surface area (Å²) < 4.78 is 7.40. The molecule has 4 aromatic rings. The Morgan fingerprint density at radius 3 is 2.85 bits per heavy atom. The summed E-state index contributed by atoms with van der Waals surface area (Å²) in [5.74, 6) is 1.16. The Kier molecular flexibility index (Phi) is 3.96. The summed E-state index contributed by atoms with van der Waals surface area (Å²) in [6.45, 7) is 1.94. The predicted molar refractivity (Wildman–Crippen MR) is 95.9 cm³/mol. The maximum absolute atomic E-state index is 12.9. The van der Waals surface area contributed by atoms with Gasteiger partial charge >= 0.3 is 0 Å². The number of pyridine rings is 1. The Morgan fingerprint density at radius 1 is 1.23 bits per heavy atom. The quantitative estimate of drug-likeness (QED) is 0.566. The number of aromatic nitrogens is 4. The maximum atomic E-state index is 12.9. The minimum atomic E-state index is -0.210. The molecular weight excluding hydrogens is 330 g/mol. The minimum Gasteiger partial charge on any atom is -0.459 e. The summed E-state index contributed by atoms with van der Waals surface area (Å²) in [5.41, 5.74) is 1.34. The van der Waals surface area contributed by atoms with Crippen LogP contribution in [0.1, 0.15) is 29.1 Å². The number of nitrogens with zero attached hydrogens (tertiary/aromatic N) is 5. The minimum absolute atomic E-state index is 0.123. The van der Waals surface area contributed by atoms with Gasteiger partial charge < -0.3 is 9.32 Å². The normalized spacial score (nSPS) is 12.2. The SMILES string of the molecule is C[C@H](c1cc2ccccc2o1)N(C)C(=O)c1ccnc(-n2cncn2)c1. The van der Waals surface area contributed by atoms with E-state index in [1.165, 1.54) is 17.3 Å². The van der Waals surface area contributed by atoms with Gasteiger partial charge in [-0.05, 0) is 31.2 Å². The third kappa shape index (κ3) is 2.83. The number of furan rings is 1. The van der Waals surface area contributed by atoms with Gasteiger partial charge in [0.2, 0.25) is 0 Å². The van der Waals surface area contributed by atoms with Crippen LogP contribution in [-0.4, -0.2) is 37.6 Å². The summed E-state index contributed by atoms with van der Waals surface area (Å²) in [5, 5.41) is 5.06. The molecule has 130 valence electrons. The van der Waals surface area contributed by atoms with Crippen molar-refractivity contribution in [1.82, 2.24) is 24.6 Å². The standard InChI is InChI=1S/C19H17N5O2/c1-13(17-9-14-5-3-4-6-16(14)26-17)23(2)19(25)15-7-8-21-18(10-15)24-12-20-11-22-24/h3-13H,1-2H3/t13-/m1/s1. The zero-order valence-corrected chi connectivity index (χ0v) is 14.4. The van der Waals surface area contributed by atoms with Crippen molar-refractivity contribution in [2.24, 2.45) is 0 Å². The van der Waals surface area contributed by atoms with E-state index in [0.717, 1.165) is 16.7 Å². The Hall–Kier alpha value is -3.48. The van der Waals surface area contributed by atoms with Crippen LogP contribution < -0.4 is 0 Å². The molecule has 26 heavy (non-hydrogen) atoms. The van der Waals surface area contributed by atoms with Crippen LogP contribution in [0.5, 0.6) is 0 Å². The highest BCUT2D eigenvalue weighted by Crippen LogP contribution is 2.27. The molecule has 0 aliphatic rings. The molecule has 7 heteroatoms. The highest BCUT2D eigenvalue weighted by Gasteiger charge is 2.22. The topological polar surface area (TPSA) is 77.0 Å². The first-order chi connectivity index (χ1) is 12.6. The highest BCUT2D eigenvalue weighted by atomic mass is 16.3. The van der Waals surface area contributed by atoms with Crippen molar-refractivity contribution in [2.45, 2.75) is 13.0 Å². The van der Waals surface area contributed by atoms with Crippen molar-refractivity contribution in [3.63, 3.8) is 0 Å². The largest absolute Gasteiger partial charge is 0.459 e. The van der Waals surface area contributed by atoms with E-state index in [1.807, 2.05) is 37.3 Å².